The van der Waals surface area contributed by atoms with Crippen molar-refractivity contribution in [3.8, 4) is 17.5 Å². The molecule has 210 valence electrons. The fourth-order valence-electron chi connectivity index (χ4n) is 4.53. The van der Waals surface area contributed by atoms with Crippen molar-refractivity contribution < 1.29 is 9.59 Å². The summed E-state index contributed by atoms with van der Waals surface area (Å²) in [6, 6.07) is 17.1. The Morgan fingerprint density at radius 3 is 2.64 bits per heavy atom. The summed E-state index contributed by atoms with van der Waals surface area (Å²) in [6.07, 6.45) is 1.58. The van der Waals surface area contributed by atoms with Gasteiger partial charge in [-0.25, -0.2) is 14.5 Å². The number of aromatic nitrogens is 5. The van der Waals surface area contributed by atoms with E-state index in [2.05, 4.69) is 39.1 Å². The molecule has 0 bridgehead atoms. The number of para-hydroxylation sites is 1. The minimum absolute atomic E-state index is 0.0389. The van der Waals surface area contributed by atoms with Gasteiger partial charge in [-0.3, -0.25) is 19.0 Å². The normalized spacial score (nSPS) is 11.5. The Hall–Kier alpha value is -5.76. The molecule has 1 atom stereocenters. The summed E-state index contributed by atoms with van der Waals surface area (Å²) in [5, 5.41) is 10.3. The van der Waals surface area contributed by atoms with Gasteiger partial charge in [-0.15, -0.1) is 0 Å². The highest BCUT2D eigenvalue weighted by Gasteiger charge is 2.24. The predicted molar refractivity (Wildman–Crippen MR) is 160 cm³/mol. The smallest absolute Gasteiger partial charge is 0.274 e. The molecule has 11 nitrogen and oxygen atoms in total. The molecule has 2 aromatic carbocycles. The lowest BCUT2D eigenvalue weighted by atomic mass is 10.1. The highest BCUT2D eigenvalue weighted by Crippen LogP contribution is 2.21. The second-order valence-corrected chi connectivity index (χ2v) is 9.48. The van der Waals surface area contributed by atoms with E-state index in [1.165, 1.54) is 15.2 Å². The van der Waals surface area contributed by atoms with Gasteiger partial charge in [0.05, 0.1) is 28.3 Å². The highest BCUT2D eigenvalue weighted by molar-refractivity contribution is 5.98. The van der Waals surface area contributed by atoms with E-state index in [9.17, 15) is 14.4 Å². The molecule has 1 unspecified atom stereocenters. The highest BCUT2D eigenvalue weighted by atomic mass is 16.2. The molecule has 2 amide bonds. The lowest BCUT2D eigenvalue weighted by molar-refractivity contribution is -0.116. The molecule has 0 aliphatic heterocycles. The van der Waals surface area contributed by atoms with E-state index in [0.29, 0.717) is 52.3 Å². The number of hydrogen-bond donors (Lipinski definition) is 3. The zero-order valence-corrected chi connectivity index (χ0v) is 23.1. The number of fused-ring (bicyclic) bond motifs is 2. The van der Waals surface area contributed by atoms with E-state index in [4.69, 9.17) is 10.7 Å². The van der Waals surface area contributed by atoms with Gasteiger partial charge in [0.15, 0.2) is 17.2 Å². The molecule has 4 N–H and O–H groups in total. The van der Waals surface area contributed by atoms with Crippen LogP contribution in [0.15, 0.2) is 78.1 Å². The zero-order valence-electron chi connectivity index (χ0n) is 23.1. The van der Waals surface area contributed by atoms with Crippen LogP contribution in [-0.2, 0) is 4.79 Å². The van der Waals surface area contributed by atoms with Crippen molar-refractivity contribution in [1.29, 1.82) is 0 Å². The number of nitrogens with zero attached hydrogens (tertiary/aromatic N) is 5. The number of anilines is 1. The molecular weight excluding hydrogens is 532 g/mol. The van der Waals surface area contributed by atoms with Crippen LogP contribution >= 0.6 is 0 Å². The maximum atomic E-state index is 14.1. The Kier molecular flexibility index (Phi) is 7.79. The molecule has 42 heavy (non-hydrogen) atoms. The number of rotatable bonds is 7. The lowest BCUT2D eigenvalue weighted by Gasteiger charge is -2.20. The Bertz CT molecular complexity index is 1970. The number of nitrogens with one attached hydrogen (secondary N) is 2. The number of amides is 2. The predicted octanol–water partition coefficient (Wildman–Crippen LogP) is 2.85. The van der Waals surface area contributed by atoms with Gasteiger partial charge in [0.1, 0.15) is 5.82 Å². The molecule has 11 heteroatoms. The fraction of sp³-hybridized carbons (Fsp3) is 0.161. The third kappa shape index (κ3) is 5.46. The molecule has 0 fully saturated rings. The summed E-state index contributed by atoms with van der Waals surface area (Å²) in [4.78, 5) is 48.0. The van der Waals surface area contributed by atoms with E-state index in [0.717, 1.165) is 0 Å². The Morgan fingerprint density at radius 2 is 1.88 bits per heavy atom. The van der Waals surface area contributed by atoms with Crippen LogP contribution in [0.4, 0.5) is 5.82 Å². The van der Waals surface area contributed by atoms with E-state index >= 15 is 0 Å². The van der Waals surface area contributed by atoms with Crippen LogP contribution in [0.5, 0.6) is 0 Å². The standard InChI is InChI=1S/C31H28N8O3/c1-4-25(40)33-18-9-8-11-21-12-10-15-23-26(21)31(42)38(22-13-6-5-7-14-22)29(35-23)20(3)34-30(41)27-28(32)36-24-17-16-19(2)37-39(24)27/h4-7,10,12-17,20H,1,9,18,32H2,2-3H3,(H,33,40)(H,34,41). The minimum atomic E-state index is -0.715. The number of benzene rings is 2. The Labute approximate surface area is 241 Å². The van der Waals surface area contributed by atoms with Gasteiger partial charge in [0, 0.05) is 18.5 Å². The molecule has 0 saturated heterocycles. The number of nitrogen functional groups attached to an aromatic ring is 1. The van der Waals surface area contributed by atoms with Crippen LogP contribution in [0.2, 0.25) is 0 Å². The molecular formula is C31H28N8O3. The summed E-state index contributed by atoms with van der Waals surface area (Å²) < 4.78 is 2.88. The van der Waals surface area contributed by atoms with Crippen molar-refractivity contribution in [1.82, 2.24) is 34.8 Å². The van der Waals surface area contributed by atoms with E-state index < -0.39 is 11.9 Å². The third-order valence-corrected chi connectivity index (χ3v) is 6.48. The molecule has 5 aromatic rings. The first-order valence-electron chi connectivity index (χ1n) is 13.2. The van der Waals surface area contributed by atoms with Crippen molar-refractivity contribution >= 4 is 34.2 Å². The minimum Gasteiger partial charge on any atom is -0.382 e. The summed E-state index contributed by atoms with van der Waals surface area (Å²) in [5.41, 5.74) is 8.51. The van der Waals surface area contributed by atoms with Crippen molar-refractivity contribution in [2.24, 2.45) is 0 Å². The van der Waals surface area contributed by atoms with Crippen LogP contribution in [0.25, 0.3) is 22.2 Å². The molecule has 0 aliphatic carbocycles. The first kappa shape index (κ1) is 27.8. The largest absolute Gasteiger partial charge is 0.382 e. The van der Waals surface area contributed by atoms with Gasteiger partial charge in [-0.05, 0) is 56.3 Å². The monoisotopic (exact) mass is 560 g/mol. The van der Waals surface area contributed by atoms with Crippen LogP contribution < -0.4 is 21.9 Å². The van der Waals surface area contributed by atoms with Gasteiger partial charge in [0.25, 0.3) is 11.5 Å². The second kappa shape index (κ2) is 11.8. The molecule has 3 heterocycles. The molecule has 5 rings (SSSR count). The van der Waals surface area contributed by atoms with Crippen molar-refractivity contribution in [3.63, 3.8) is 0 Å². The van der Waals surface area contributed by atoms with Crippen LogP contribution in [0, 0.1) is 18.8 Å². The van der Waals surface area contributed by atoms with Gasteiger partial charge in [-0.1, -0.05) is 42.7 Å². The number of hydrogen-bond acceptors (Lipinski definition) is 7. The summed E-state index contributed by atoms with van der Waals surface area (Å²) in [7, 11) is 0. The van der Waals surface area contributed by atoms with Crippen LogP contribution in [-0.4, -0.2) is 42.5 Å². The number of imidazole rings is 1. The molecule has 0 spiro atoms. The van der Waals surface area contributed by atoms with E-state index in [1.54, 1.807) is 56.3 Å². The summed E-state index contributed by atoms with van der Waals surface area (Å²) in [5.74, 6) is 5.62. The fourth-order valence-corrected chi connectivity index (χ4v) is 4.53. The van der Waals surface area contributed by atoms with E-state index in [-0.39, 0.29) is 23.0 Å². The second-order valence-electron chi connectivity index (χ2n) is 9.48. The average Bonchev–Trinajstić information content (AvgIpc) is 3.31. The molecule has 0 radical (unpaired) electrons. The van der Waals surface area contributed by atoms with Gasteiger partial charge in [0.2, 0.25) is 5.91 Å². The molecule has 0 aliphatic rings. The van der Waals surface area contributed by atoms with Gasteiger partial charge in [-0.2, -0.15) is 5.10 Å². The quantitative estimate of drug-likeness (QED) is 0.157. The number of carbonyl (C=O) groups excluding carboxylic acids is 2. The van der Waals surface area contributed by atoms with Crippen LogP contribution in [0.3, 0.4) is 0 Å². The maximum Gasteiger partial charge on any atom is 0.274 e. The maximum absolute atomic E-state index is 14.1. The molecule has 3 aromatic heterocycles. The van der Waals surface area contributed by atoms with Crippen molar-refractivity contribution in [2.75, 3.05) is 12.3 Å². The Balaban J connectivity index is 1.56. The molecule has 0 saturated carbocycles. The SMILES string of the molecule is C=CC(=O)NCCC#Cc1cccc2nc(C(C)NC(=O)c3c(N)nc4ccc(C)nn34)n(-c3ccccc3)c(=O)c12. The number of carbonyl (C=O) groups is 2. The van der Waals surface area contributed by atoms with Crippen molar-refractivity contribution in [3.05, 3.63) is 106 Å². The topological polar surface area (TPSA) is 149 Å². The summed E-state index contributed by atoms with van der Waals surface area (Å²) in [6.45, 7) is 7.32. The van der Waals surface area contributed by atoms with Crippen LogP contribution in [0.1, 0.15) is 47.0 Å². The van der Waals surface area contributed by atoms with Crippen molar-refractivity contribution in [2.45, 2.75) is 26.3 Å². The van der Waals surface area contributed by atoms with Gasteiger partial charge < -0.3 is 16.4 Å². The summed E-state index contributed by atoms with van der Waals surface area (Å²) >= 11 is 0. The Morgan fingerprint density at radius 1 is 1.10 bits per heavy atom. The third-order valence-electron chi connectivity index (χ3n) is 6.48. The first-order valence-corrected chi connectivity index (χ1v) is 13.2. The number of nitrogens with two attached hydrogens (primary N) is 1. The first-order chi connectivity index (χ1) is 20.3. The van der Waals surface area contributed by atoms with Gasteiger partial charge >= 0.3 is 0 Å². The zero-order chi connectivity index (χ0) is 29.8. The lowest BCUT2D eigenvalue weighted by Crippen LogP contribution is -2.34. The van der Waals surface area contributed by atoms with E-state index in [1.807, 2.05) is 18.2 Å². The number of aryl methyl sites for hydroxylation is 1. The average molecular weight is 561 g/mol.